The summed E-state index contributed by atoms with van der Waals surface area (Å²) in [5.74, 6) is -1.78. The predicted molar refractivity (Wildman–Crippen MR) is 133 cm³/mol. The van der Waals surface area contributed by atoms with Crippen LogP contribution in [-0.4, -0.2) is 33.9 Å². The van der Waals surface area contributed by atoms with Crippen molar-refractivity contribution in [1.29, 1.82) is 0 Å². The van der Waals surface area contributed by atoms with Crippen LogP contribution in [0.5, 0.6) is 0 Å². The maximum Gasteiger partial charge on any atom is 0.255 e. The van der Waals surface area contributed by atoms with Crippen LogP contribution in [0.4, 0.5) is 27.4 Å². The molecule has 1 saturated carbocycles. The molecule has 7 N–H and O–H groups in total. The highest BCUT2D eigenvalue weighted by Crippen LogP contribution is 2.27. The van der Waals surface area contributed by atoms with Crippen LogP contribution >= 0.6 is 0 Å². The normalized spacial score (nSPS) is 17.5. The number of carbonyl (C=O) groups is 2. The van der Waals surface area contributed by atoms with Gasteiger partial charge in [-0.05, 0) is 44.0 Å². The van der Waals surface area contributed by atoms with Crippen LogP contribution in [-0.2, 0) is 0 Å². The van der Waals surface area contributed by atoms with Gasteiger partial charge < -0.3 is 27.4 Å². The van der Waals surface area contributed by atoms with Crippen LogP contribution in [0.25, 0.3) is 0 Å². The maximum absolute atomic E-state index is 14.7. The summed E-state index contributed by atoms with van der Waals surface area (Å²) in [5, 5.41) is 8.82. The van der Waals surface area contributed by atoms with E-state index >= 15 is 0 Å². The van der Waals surface area contributed by atoms with Crippen molar-refractivity contribution >= 4 is 34.8 Å². The molecule has 10 heteroatoms. The van der Waals surface area contributed by atoms with Crippen molar-refractivity contribution in [2.75, 3.05) is 16.0 Å². The molecule has 0 unspecified atom stereocenters. The number of nitrogens with one attached hydrogen (secondary N) is 3. The third kappa shape index (κ3) is 5.90. The van der Waals surface area contributed by atoms with Crippen LogP contribution in [0, 0.1) is 12.7 Å². The van der Waals surface area contributed by atoms with E-state index in [4.69, 9.17) is 11.5 Å². The molecule has 0 aliphatic heterocycles. The lowest BCUT2D eigenvalue weighted by Crippen LogP contribution is -2.43. The molecule has 3 aromatic rings. The van der Waals surface area contributed by atoms with Crippen molar-refractivity contribution in [2.24, 2.45) is 11.5 Å². The van der Waals surface area contributed by atoms with Gasteiger partial charge in [-0.15, -0.1) is 0 Å². The summed E-state index contributed by atoms with van der Waals surface area (Å²) in [7, 11) is 0. The summed E-state index contributed by atoms with van der Waals surface area (Å²) in [5.41, 5.74) is 13.9. The molecule has 1 aliphatic rings. The topological polar surface area (TPSA) is 148 Å². The van der Waals surface area contributed by atoms with Crippen LogP contribution in [0.3, 0.4) is 0 Å². The van der Waals surface area contributed by atoms with Crippen molar-refractivity contribution in [3.8, 4) is 0 Å². The van der Waals surface area contributed by atoms with E-state index in [0.29, 0.717) is 16.9 Å². The number of halogens is 1. The molecule has 1 aliphatic carbocycles. The van der Waals surface area contributed by atoms with Crippen molar-refractivity contribution < 1.29 is 14.0 Å². The lowest BCUT2D eigenvalue weighted by atomic mass is 9.91. The number of amides is 2. The molecule has 0 radical (unpaired) electrons. The van der Waals surface area contributed by atoms with Gasteiger partial charge in [-0.2, -0.15) is 0 Å². The number of hydrogen-bond acceptors (Lipinski definition) is 7. The second-order valence-corrected chi connectivity index (χ2v) is 8.69. The third-order valence-electron chi connectivity index (χ3n) is 5.96. The Labute approximate surface area is 202 Å². The fraction of sp³-hybridized carbons (Fsp3) is 0.280. The van der Waals surface area contributed by atoms with E-state index in [1.54, 1.807) is 18.2 Å². The fourth-order valence-corrected chi connectivity index (χ4v) is 4.01. The van der Waals surface area contributed by atoms with E-state index in [-0.39, 0.29) is 35.2 Å². The Balaban J connectivity index is 1.56. The average molecular weight is 478 g/mol. The molecular formula is C25H28FN7O2. The molecule has 182 valence electrons. The van der Waals surface area contributed by atoms with Gasteiger partial charge in [0.2, 0.25) is 0 Å². The Bertz CT molecular complexity index is 1230. The summed E-state index contributed by atoms with van der Waals surface area (Å²) >= 11 is 0. The van der Waals surface area contributed by atoms with E-state index in [1.807, 2.05) is 19.1 Å². The number of primary amides is 1. The predicted octanol–water partition coefficient (Wildman–Crippen LogP) is 3.70. The molecule has 9 nitrogen and oxygen atoms in total. The molecule has 1 aromatic carbocycles. The summed E-state index contributed by atoms with van der Waals surface area (Å²) in [6.07, 6.45) is 6.64. The Kier molecular flexibility index (Phi) is 7.21. The van der Waals surface area contributed by atoms with E-state index in [2.05, 4.69) is 25.9 Å². The minimum atomic E-state index is -0.836. The zero-order chi connectivity index (χ0) is 24.9. The third-order valence-corrected chi connectivity index (χ3v) is 5.96. The van der Waals surface area contributed by atoms with Crippen molar-refractivity contribution in [3.63, 3.8) is 0 Å². The van der Waals surface area contributed by atoms with Gasteiger partial charge in [-0.25, -0.2) is 9.37 Å². The first-order valence-electron chi connectivity index (χ1n) is 11.4. The number of carbonyl (C=O) groups excluding carboxylic acids is 2. The quantitative estimate of drug-likeness (QED) is 0.348. The zero-order valence-corrected chi connectivity index (χ0v) is 19.3. The van der Waals surface area contributed by atoms with E-state index in [9.17, 15) is 14.0 Å². The molecule has 0 spiro atoms. The van der Waals surface area contributed by atoms with Crippen molar-refractivity contribution in [3.05, 3.63) is 71.3 Å². The number of nitrogens with zero attached hydrogens (tertiary/aromatic N) is 2. The SMILES string of the molecule is Cc1ccc(C(=O)Nc2cncc(Nc3nc(N[C@@H]4CCCC[C@@H]4N)c(F)cc3C(N)=O)c2)cc1. The van der Waals surface area contributed by atoms with Crippen molar-refractivity contribution in [2.45, 2.75) is 44.7 Å². The monoisotopic (exact) mass is 477 g/mol. The number of rotatable bonds is 7. The minimum Gasteiger partial charge on any atom is -0.365 e. The first-order chi connectivity index (χ1) is 16.8. The Morgan fingerprint density at radius 1 is 1.03 bits per heavy atom. The number of pyridine rings is 2. The molecule has 2 atom stereocenters. The average Bonchev–Trinajstić information content (AvgIpc) is 2.83. The van der Waals surface area contributed by atoms with Gasteiger partial charge >= 0.3 is 0 Å². The number of benzene rings is 1. The van der Waals surface area contributed by atoms with Gasteiger partial charge in [0.25, 0.3) is 11.8 Å². The number of aromatic nitrogens is 2. The Hall–Kier alpha value is -4.05. The second-order valence-electron chi connectivity index (χ2n) is 8.69. The molecule has 1 fully saturated rings. The maximum atomic E-state index is 14.7. The largest absolute Gasteiger partial charge is 0.365 e. The second kappa shape index (κ2) is 10.5. The smallest absolute Gasteiger partial charge is 0.255 e. The minimum absolute atomic E-state index is 0.0170. The highest BCUT2D eigenvalue weighted by molar-refractivity contribution is 6.04. The van der Waals surface area contributed by atoms with E-state index < -0.39 is 11.7 Å². The van der Waals surface area contributed by atoms with Gasteiger partial charge in [0.15, 0.2) is 11.6 Å². The van der Waals surface area contributed by atoms with E-state index in [1.165, 1.54) is 12.4 Å². The van der Waals surface area contributed by atoms with Crippen LogP contribution in [0.2, 0.25) is 0 Å². The first kappa shape index (κ1) is 24.1. The highest BCUT2D eigenvalue weighted by Gasteiger charge is 2.24. The lowest BCUT2D eigenvalue weighted by molar-refractivity contribution is 0.0997. The summed E-state index contributed by atoms with van der Waals surface area (Å²) < 4.78 is 14.7. The number of anilines is 4. The molecule has 35 heavy (non-hydrogen) atoms. The first-order valence-corrected chi connectivity index (χ1v) is 11.4. The highest BCUT2D eigenvalue weighted by atomic mass is 19.1. The zero-order valence-electron chi connectivity index (χ0n) is 19.3. The van der Waals surface area contributed by atoms with Crippen LogP contribution < -0.4 is 27.4 Å². The number of hydrogen-bond donors (Lipinski definition) is 5. The van der Waals surface area contributed by atoms with Crippen LogP contribution in [0.15, 0.2) is 48.8 Å². The number of nitrogens with two attached hydrogens (primary N) is 2. The molecule has 4 rings (SSSR count). The van der Waals surface area contributed by atoms with Gasteiger partial charge in [-0.3, -0.25) is 14.6 Å². The number of aryl methyl sites for hydroxylation is 1. The molecule has 2 aromatic heterocycles. The summed E-state index contributed by atoms with van der Waals surface area (Å²) in [4.78, 5) is 32.9. The van der Waals surface area contributed by atoms with Gasteiger partial charge in [-0.1, -0.05) is 30.5 Å². The molecule has 2 heterocycles. The standard InChI is InChI=1S/C25H28FN7O2/c1-14-6-8-15(9-7-14)25(35)31-17-10-16(12-29-13-17)30-23-18(22(28)34)11-19(26)24(33-23)32-21-5-3-2-4-20(21)27/h6-13,20-21H,2-5,27H2,1H3,(H2,28,34)(H,31,35)(H2,30,32,33)/t20-,21+/m0/s1. The van der Waals surface area contributed by atoms with Gasteiger partial charge in [0.1, 0.15) is 5.82 Å². The molecule has 2 amide bonds. The molecule has 0 bridgehead atoms. The lowest BCUT2D eigenvalue weighted by Gasteiger charge is -2.30. The Morgan fingerprint density at radius 3 is 2.46 bits per heavy atom. The molecule has 0 saturated heterocycles. The van der Waals surface area contributed by atoms with Crippen molar-refractivity contribution in [1.82, 2.24) is 9.97 Å². The van der Waals surface area contributed by atoms with Gasteiger partial charge in [0.05, 0.1) is 29.3 Å². The Morgan fingerprint density at radius 2 is 1.74 bits per heavy atom. The fourth-order valence-electron chi connectivity index (χ4n) is 4.01. The van der Waals surface area contributed by atoms with Gasteiger partial charge in [0, 0.05) is 17.6 Å². The summed E-state index contributed by atoms with van der Waals surface area (Å²) in [6.45, 7) is 1.94. The molecular weight excluding hydrogens is 449 g/mol. The van der Waals surface area contributed by atoms with E-state index in [0.717, 1.165) is 37.3 Å². The summed E-state index contributed by atoms with van der Waals surface area (Å²) in [6, 6.07) is 9.59. The van der Waals surface area contributed by atoms with Crippen LogP contribution in [0.1, 0.15) is 52.0 Å².